The van der Waals surface area contributed by atoms with Crippen molar-refractivity contribution >= 4 is 0 Å². The van der Waals surface area contributed by atoms with Crippen LogP contribution in [0.5, 0.6) is 0 Å². The van der Waals surface area contributed by atoms with Crippen LogP contribution in [0.4, 0.5) is 0 Å². The van der Waals surface area contributed by atoms with E-state index in [0.29, 0.717) is 13.1 Å². The Hall–Kier alpha value is -0.860. The molecule has 0 aliphatic heterocycles. The lowest BCUT2D eigenvalue weighted by molar-refractivity contribution is 1.03. The predicted octanol–water partition coefficient (Wildman–Crippen LogP) is 2.12. The molecule has 2 heteroatoms. The lowest BCUT2D eigenvalue weighted by Gasteiger charge is -1.98. The first-order valence-electron chi connectivity index (χ1n) is 4.34. The number of benzene rings is 1. The quantitative estimate of drug-likeness (QED) is 0.714. The molecule has 1 aromatic carbocycles. The van der Waals surface area contributed by atoms with Crippen LogP contribution in [-0.4, -0.2) is 0 Å². The number of rotatable bonds is 2. The molecule has 0 aromatic heterocycles. The van der Waals surface area contributed by atoms with Gasteiger partial charge < -0.3 is 11.5 Å². The molecule has 0 amide bonds. The summed E-state index contributed by atoms with van der Waals surface area (Å²) in [5.41, 5.74) is 13.1. The normalized spacial score (nSPS) is 8.67. The molecule has 0 saturated heterocycles. The van der Waals surface area contributed by atoms with Gasteiger partial charge in [0.05, 0.1) is 0 Å². The molecule has 0 unspecified atom stereocenters. The van der Waals surface area contributed by atoms with Gasteiger partial charge in [-0.25, -0.2) is 0 Å². The third-order valence-corrected chi connectivity index (χ3v) is 1.46. The minimum absolute atomic E-state index is 0. The van der Waals surface area contributed by atoms with E-state index in [1.54, 1.807) is 0 Å². The van der Waals surface area contributed by atoms with Crippen LogP contribution in [0.2, 0.25) is 0 Å². The largest absolute Gasteiger partial charge is 0.326 e. The summed E-state index contributed by atoms with van der Waals surface area (Å²) < 4.78 is 0. The van der Waals surface area contributed by atoms with Gasteiger partial charge in [-0.1, -0.05) is 38.1 Å². The second kappa shape index (κ2) is 6.83. The zero-order chi connectivity index (χ0) is 9.40. The minimum Gasteiger partial charge on any atom is -0.326 e. The summed E-state index contributed by atoms with van der Waals surface area (Å²) in [6.07, 6.45) is 0. The van der Waals surface area contributed by atoms with Gasteiger partial charge in [0.2, 0.25) is 0 Å². The van der Waals surface area contributed by atoms with Crippen LogP contribution in [0, 0.1) is 0 Å². The van der Waals surface area contributed by atoms with Crippen molar-refractivity contribution in [2.24, 2.45) is 11.5 Å². The summed E-state index contributed by atoms with van der Waals surface area (Å²) in [5, 5.41) is 0. The van der Waals surface area contributed by atoms with E-state index in [1.807, 2.05) is 38.1 Å². The summed E-state index contributed by atoms with van der Waals surface area (Å²) in [7, 11) is 0. The highest BCUT2D eigenvalue weighted by molar-refractivity contribution is 5.22. The van der Waals surface area contributed by atoms with E-state index in [-0.39, 0.29) is 2.85 Å². The molecular formula is C10H22N2. The lowest BCUT2D eigenvalue weighted by Crippen LogP contribution is -2.00. The summed E-state index contributed by atoms with van der Waals surface area (Å²) in [4.78, 5) is 0. The van der Waals surface area contributed by atoms with Crippen molar-refractivity contribution in [1.29, 1.82) is 0 Å². The van der Waals surface area contributed by atoms with Crippen molar-refractivity contribution in [2.75, 3.05) is 0 Å². The molecule has 0 aliphatic carbocycles. The van der Waals surface area contributed by atoms with Crippen LogP contribution < -0.4 is 11.5 Å². The Kier molecular flexibility index (Phi) is 6.34. The highest BCUT2D eigenvalue weighted by Gasteiger charge is 1.89. The molecule has 12 heavy (non-hydrogen) atoms. The first-order valence-corrected chi connectivity index (χ1v) is 4.34. The van der Waals surface area contributed by atoms with E-state index in [0.717, 1.165) is 11.1 Å². The molecule has 0 atom stereocenters. The van der Waals surface area contributed by atoms with Crippen molar-refractivity contribution in [2.45, 2.75) is 26.9 Å². The summed E-state index contributed by atoms with van der Waals surface area (Å²) >= 11 is 0. The van der Waals surface area contributed by atoms with E-state index in [4.69, 9.17) is 11.5 Å². The molecule has 72 valence electrons. The monoisotopic (exact) mass is 170 g/mol. The van der Waals surface area contributed by atoms with Gasteiger partial charge in [0.1, 0.15) is 0 Å². The molecule has 0 heterocycles. The molecule has 1 rings (SSSR count). The zero-order valence-electron chi connectivity index (χ0n) is 7.88. The third kappa shape index (κ3) is 3.51. The van der Waals surface area contributed by atoms with Crippen LogP contribution >= 0.6 is 0 Å². The molecule has 0 fully saturated rings. The van der Waals surface area contributed by atoms with Crippen LogP contribution in [0.3, 0.4) is 0 Å². The summed E-state index contributed by atoms with van der Waals surface area (Å²) in [6, 6.07) is 8.00. The van der Waals surface area contributed by atoms with E-state index in [2.05, 4.69) is 0 Å². The standard InChI is InChI=1S/C8H12N2.C2H6.2H2/c9-5-7-2-1-3-8(4-7)6-10;1-2;;/h1-4H,5-6,9-10H2;1-2H3;2*1H. The molecule has 0 spiro atoms. The van der Waals surface area contributed by atoms with Crippen LogP contribution in [0.1, 0.15) is 27.8 Å². The van der Waals surface area contributed by atoms with E-state index < -0.39 is 0 Å². The van der Waals surface area contributed by atoms with Gasteiger partial charge in [-0.15, -0.1) is 0 Å². The maximum absolute atomic E-state index is 5.43. The SMILES string of the molecule is CC.NCc1cccc(CN)c1.[HH].[HH]. The van der Waals surface area contributed by atoms with Gasteiger partial charge in [0.15, 0.2) is 0 Å². The maximum atomic E-state index is 5.43. The van der Waals surface area contributed by atoms with Gasteiger partial charge in [0, 0.05) is 15.9 Å². The number of hydrogen-bond donors (Lipinski definition) is 2. The van der Waals surface area contributed by atoms with Crippen molar-refractivity contribution in [3.8, 4) is 0 Å². The van der Waals surface area contributed by atoms with Crippen molar-refractivity contribution in [3.63, 3.8) is 0 Å². The number of nitrogens with two attached hydrogens (primary N) is 2. The Morgan fingerprint density at radius 3 is 1.83 bits per heavy atom. The molecule has 2 nitrogen and oxygen atoms in total. The first-order chi connectivity index (χ1) is 5.86. The van der Waals surface area contributed by atoms with E-state index >= 15 is 0 Å². The smallest absolute Gasteiger partial charge is 0.0178 e. The minimum atomic E-state index is 0. The molecule has 4 N–H and O–H groups in total. The fraction of sp³-hybridized carbons (Fsp3) is 0.400. The number of hydrogen-bond acceptors (Lipinski definition) is 2. The summed E-state index contributed by atoms with van der Waals surface area (Å²) in [6.45, 7) is 5.18. The molecule has 0 aliphatic rings. The lowest BCUT2D eigenvalue weighted by atomic mass is 10.1. The van der Waals surface area contributed by atoms with E-state index in [1.165, 1.54) is 0 Å². The van der Waals surface area contributed by atoms with E-state index in [9.17, 15) is 0 Å². The Balaban J connectivity index is -0.000000284. The van der Waals surface area contributed by atoms with Gasteiger partial charge in [-0.2, -0.15) is 0 Å². The molecule has 1 aromatic rings. The highest BCUT2D eigenvalue weighted by Crippen LogP contribution is 2.02. The Bertz CT molecular complexity index is 198. The van der Waals surface area contributed by atoms with Crippen molar-refractivity contribution < 1.29 is 2.85 Å². The van der Waals surface area contributed by atoms with Crippen LogP contribution in [0.25, 0.3) is 0 Å². The average Bonchev–Trinajstić information content (AvgIpc) is 2.21. The van der Waals surface area contributed by atoms with Gasteiger partial charge >= 0.3 is 0 Å². The zero-order valence-corrected chi connectivity index (χ0v) is 7.88. The van der Waals surface area contributed by atoms with Crippen LogP contribution in [-0.2, 0) is 13.1 Å². The molecule has 0 radical (unpaired) electrons. The Labute approximate surface area is 77.5 Å². The topological polar surface area (TPSA) is 52.0 Å². The predicted molar refractivity (Wildman–Crippen MR) is 57.8 cm³/mol. The van der Waals surface area contributed by atoms with Crippen LogP contribution in [0.15, 0.2) is 24.3 Å². The Morgan fingerprint density at radius 2 is 1.50 bits per heavy atom. The fourth-order valence-electron chi connectivity index (χ4n) is 0.884. The summed E-state index contributed by atoms with van der Waals surface area (Å²) in [5.74, 6) is 0. The molecule has 0 bridgehead atoms. The van der Waals surface area contributed by atoms with Crippen molar-refractivity contribution in [3.05, 3.63) is 35.4 Å². The fourth-order valence-corrected chi connectivity index (χ4v) is 0.884. The average molecular weight is 170 g/mol. The maximum Gasteiger partial charge on any atom is 0.0178 e. The highest BCUT2D eigenvalue weighted by atomic mass is 14.5. The second-order valence-corrected chi connectivity index (χ2v) is 2.23. The molecule has 0 saturated carbocycles. The third-order valence-electron chi connectivity index (χ3n) is 1.46. The van der Waals surface area contributed by atoms with Gasteiger partial charge in [-0.3, -0.25) is 0 Å². The second-order valence-electron chi connectivity index (χ2n) is 2.23. The van der Waals surface area contributed by atoms with Gasteiger partial charge in [0.25, 0.3) is 0 Å². The first kappa shape index (κ1) is 11.1. The molecular weight excluding hydrogens is 148 g/mol. The van der Waals surface area contributed by atoms with Gasteiger partial charge in [-0.05, 0) is 11.1 Å². The van der Waals surface area contributed by atoms with Crippen molar-refractivity contribution in [1.82, 2.24) is 0 Å². The Morgan fingerprint density at radius 1 is 1.08 bits per heavy atom.